The molecule has 1 N–H and O–H groups in total. The number of imidazole rings is 1. The molecule has 2 aromatic rings. The van der Waals surface area contributed by atoms with E-state index < -0.39 is 0 Å². The lowest BCUT2D eigenvalue weighted by Gasteiger charge is -2.02. The van der Waals surface area contributed by atoms with Crippen molar-refractivity contribution in [2.24, 2.45) is 0 Å². The Hall–Kier alpha value is -2.08. The number of nitriles is 1. The summed E-state index contributed by atoms with van der Waals surface area (Å²) in [6.07, 6.45) is 6.75. The van der Waals surface area contributed by atoms with E-state index in [9.17, 15) is 0 Å². The molecule has 0 atom stereocenters. The van der Waals surface area contributed by atoms with Gasteiger partial charge in [0.2, 0.25) is 0 Å². The summed E-state index contributed by atoms with van der Waals surface area (Å²) in [5.74, 6) is 0.895. The molecule has 0 saturated heterocycles. The predicted molar refractivity (Wildman–Crippen MR) is 70.0 cm³/mol. The third kappa shape index (κ3) is 2.02. The van der Waals surface area contributed by atoms with Crippen molar-refractivity contribution in [3.05, 3.63) is 41.3 Å². The summed E-state index contributed by atoms with van der Waals surface area (Å²) in [6, 6.07) is 8.80. The summed E-state index contributed by atoms with van der Waals surface area (Å²) in [7, 11) is 0. The van der Waals surface area contributed by atoms with Gasteiger partial charge in [0.15, 0.2) is 0 Å². The number of aryl methyl sites for hydroxylation is 3. The first-order valence-corrected chi connectivity index (χ1v) is 6.40. The van der Waals surface area contributed by atoms with E-state index in [0.717, 1.165) is 11.5 Å². The van der Waals surface area contributed by atoms with Crippen LogP contribution in [0.1, 0.15) is 29.8 Å². The van der Waals surface area contributed by atoms with Crippen LogP contribution in [0.3, 0.4) is 0 Å². The fourth-order valence-electron chi connectivity index (χ4n) is 2.55. The first kappa shape index (κ1) is 11.0. The van der Waals surface area contributed by atoms with E-state index in [1.165, 1.54) is 36.0 Å². The second-order valence-electron chi connectivity index (χ2n) is 4.74. The standard InChI is InChI=1S/C15H15N3/c16-8-2-5-15-17-10-14(18-15)13-7-6-11-3-1-4-12(11)9-13/h6-7,9-10H,1-5H2,(H,17,18). The number of rotatable bonds is 3. The highest BCUT2D eigenvalue weighted by molar-refractivity contribution is 5.61. The van der Waals surface area contributed by atoms with Crippen molar-refractivity contribution in [1.29, 1.82) is 5.26 Å². The number of aromatic amines is 1. The van der Waals surface area contributed by atoms with Gasteiger partial charge in [0.25, 0.3) is 0 Å². The summed E-state index contributed by atoms with van der Waals surface area (Å²) in [6.45, 7) is 0. The Labute approximate surface area is 106 Å². The topological polar surface area (TPSA) is 52.5 Å². The SMILES string of the molecule is N#CCCc1ncc(-c2ccc3c(c2)CCC3)[nH]1. The van der Waals surface area contributed by atoms with Crippen LogP contribution in [0.5, 0.6) is 0 Å². The quantitative estimate of drug-likeness (QED) is 0.892. The maximum Gasteiger partial charge on any atom is 0.107 e. The maximum absolute atomic E-state index is 8.57. The summed E-state index contributed by atoms with van der Waals surface area (Å²) >= 11 is 0. The first-order valence-electron chi connectivity index (χ1n) is 6.40. The molecule has 0 fully saturated rings. The lowest BCUT2D eigenvalue weighted by molar-refractivity contribution is 0.911. The van der Waals surface area contributed by atoms with E-state index in [-0.39, 0.29) is 0 Å². The predicted octanol–water partition coefficient (Wildman–Crippen LogP) is 3.02. The summed E-state index contributed by atoms with van der Waals surface area (Å²) < 4.78 is 0. The smallest absolute Gasteiger partial charge is 0.107 e. The molecule has 0 saturated carbocycles. The van der Waals surface area contributed by atoms with Crippen LogP contribution in [0.25, 0.3) is 11.3 Å². The molecule has 90 valence electrons. The number of fused-ring (bicyclic) bond motifs is 1. The lowest BCUT2D eigenvalue weighted by atomic mass is 10.0. The Balaban J connectivity index is 1.86. The van der Waals surface area contributed by atoms with Gasteiger partial charge in [-0.3, -0.25) is 0 Å². The maximum atomic E-state index is 8.57. The van der Waals surface area contributed by atoms with Crippen LogP contribution in [-0.2, 0) is 19.3 Å². The van der Waals surface area contributed by atoms with Crippen LogP contribution in [0.15, 0.2) is 24.4 Å². The highest BCUT2D eigenvalue weighted by atomic mass is 14.9. The molecule has 1 aliphatic carbocycles. The van der Waals surface area contributed by atoms with Crippen molar-refractivity contribution in [1.82, 2.24) is 9.97 Å². The molecular weight excluding hydrogens is 222 g/mol. The number of nitrogens with one attached hydrogen (secondary N) is 1. The van der Waals surface area contributed by atoms with E-state index >= 15 is 0 Å². The number of benzene rings is 1. The van der Waals surface area contributed by atoms with E-state index in [1.54, 1.807) is 0 Å². The van der Waals surface area contributed by atoms with Crippen molar-refractivity contribution in [3.63, 3.8) is 0 Å². The van der Waals surface area contributed by atoms with Crippen LogP contribution in [0.4, 0.5) is 0 Å². The molecule has 18 heavy (non-hydrogen) atoms. The minimum absolute atomic E-state index is 0.511. The zero-order valence-electron chi connectivity index (χ0n) is 10.2. The molecule has 1 aromatic heterocycles. The second-order valence-corrected chi connectivity index (χ2v) is 4.74. The molecule has 3 nitrogen and oxygen atoms in total. The average Bonchev–Trinajstić information content (AvgIpc) is 3.04. The van der Waals surface area contributed by atoms with Crippen molar-refractivity contribution in [2.75, 3.05) is 0 Å². The Morgan fingerprint density at radius 1 is 1.28 bits per heavy atom. The molecule has 0 spiro atoms. The summed E-state index contributed by atoms with van der Waals surface area (Å²) in [5, 5.41) is 8.57. The molecule has 0 unspecified atom stereocenters. The van der Waals surface area contributed by atoms with E-state index in [4.69, 9.17) is 5.26 Å². The van der Waals surface area contributed by atoms with E-state index in [2.05, 4.69) is 34.2 Å². The lowest BCUT2D eigenvalue weighted by Crippen LogP contribution is -1.87. The highest BCUT2D eigenvalue weighted by Gasteiger charge is 2.12. The molecule has 0 bridgehead atoms. The van der Waals surface area contributed by atoms with Crippen molar-refractivity contribution < 1.29 is 0 Å². The van der Waals surface area contributed by atoms with Gasteiger partial charge in [-0.15, -0.1) is 0 Å². The van der Waals surface area contributed by atoms with Crippen LogP contribution < -0.4 is 0 Å². The van der Waals surface area contributed by atoms with Crippen LogP contribution in [-0.4, -0.2) is 9.97 Å². The third-order valence-corrected chi connectivity index (χ3v) is 3.51. The fraction of sp³-hybridized carbons (Fsp3) is 0.333. The third-order valence-electron chi connectivity index (χ3n) is 3.51. The van der Waals surface area contributed by atoms with Crippen LogP contribution in [0, 0.1) is 11.3 Å². The molecule has 3 heteroatoms. The van der Waals surface area contributed by atoms with Gasteiger partial charge in [-0.1, -0.05) is 12.1 Å². The van der Waals surface area contributed by atoms with Crippen molar-refractivity contribution in [2.45, 2.75) is 32.1 Å². The van der Waals surface area contributed by atoms with Gasteiger partial charge >= 0.3 is 0 Å². The average molecular weight is 237 g/mol. The zero-order chi connectivity index (χ0) is 12.4. The number of aromatic nitrogens is 2. The molecule has 1 heterocycles. The van der Waals surface area contributed by atoms with Gasteiger partial charge in [-0.05, 0) is 42.0 Å². The first-order chi connectivity index (χ1) is 8.86. The zero-order valence-corrected chi connectivity index (χ0v) is 10.2. The summed E-state index contributed by atoms with van der Waals surface area (Å²) in [4.78, 5) is 7.61. The van der Waals surface area contributed by atoms with Crippen LogP contribution in [0.2, 0.25) is 0 Å². The number of nitrogens with zero attached hydrogens (tertiary/aromatic N) is 2. The van der Waals surface area contributed by atoms with E-state index in [0.29, 0.717) is 12.8 Å². The number of hydrogen-bond acceptors (Lipinski definition) is 2. The highest BCUT2D eigenvalue weighted by Crippen LogP contribution is 2.27. The molecule has 1 aliphatic rings. The minimum Gasteiger partial charge on any atom is -0.342 e. The van der Waals surface area contributed by atoms with Gasteiger partial charge in [-0.2, -0.15) is 5.26 Å². The van der Waals surface area contributed by atoms with Crippen molar-refractivity contribution >= 4 is 0 Å². The Morgan fingerprint density at radius 3 is 3.06 bits per heavy atom. The van der Waals surface area contributed by atoms with Crippen molar-refractivity contribution in [3.8, 4) is 17.3 Å². The monoisotopic (exact) mass is 237 g/mol. The molecule has 0 amide bonds. The normalized spacial score (nSPS) is 13.3. The Bertz CT molecular complexity index is 604. The molecule has 0 radical (unpaired) electrons. The Morgan fingerprint density at radius 2 is 2.17 bits per heavy atom. The van der Waals surface area contributed by atoms with Gasteiger partial charge in [0.05, 0.1) is 18.0 Å². The molecular formula is C15H15N3. The molecule has 0 aliphatic heterocycles. The van der Waals surface area contributed by atoms with Crippen LogP contribution >= 0.6 is 0 Å². The molecule has 1 aromatic carbocycles. The number of H-pyrrole nitrogens is 1. The Kier molecular flexibility index (Phi) is 2.85. The largest absolute Gasteiger partial charge is 0.342 e. The fourth-order valence-corrected chi connectivity index (χ4v) is 2.55. The van der Waals surface area contributed by atoms with E-state index in [1.807, 2.05) is 6.20 Å². The van der Waals surface area contributed by atoms with Gasteiger partial charge in [0, 0.05) is 12.8 Å². The second kappa shape index (κ2) is 4.66. The molecule has 3 rings (SSSR count). The van der Waals surface area contributed by atoms with Gasteiger partial charge < -0.3 is 4.98 Å². The van der Waals surface area contributed by atoms with Gasteiger partial charge in [0.1, 0.15) is 5.82 Å². The summed E-state index contributed by atoms with van der Waals surface area (Å²) in [5.41, 5.74) is 5.22. The van der Waals surface area contributed by atoms with Gasteiger partial charge in [-0.25, -0.2) is 4.98 Å². The number of hydrogen-bond donors (Lipinski definition) is 1. The minimum atomic E-state index is 0.511.